The van der Waals surface area contributed by atoms with Crippen molar-refractivity contribution in [2.24, 2.45) is 0 Å². The van der Waals surface area contributed by atoms with Crippen molar-refractivity contribution in [2.75, 3.05) is 6.54 Å². The first-order valence-corrected chi connectivity index (χ1v) is 7.14. The van der Waals surface area contributed by atoms with Gasteiger partial charge in [0.25, 0.3) is 0 Å². The van der Waals surface area contributed by atoms with Gasteiger partial charge in [-0.3, -0.25) is 0 Å². The van der Waals surface area contributed by atoms with Crippen molar-refractivity contribution < 1.29 is 4.39 Å². The normalized spacial score (nSPS) is 12.7. The second-order valence-electron chi connectivity index (χ2n) is 4.31. The van der Waals surface area contributed by atoms with Crippen molar-refractivity contribution >= 4 is 15.9 Å². The Morgan fingerprint density at radius 2 is 2.12 bits per heavy atom. The third kappa shape index (κ3) is 4.76. The molecule has 1 N–H and O–H groups in total. The molecule has 0 amide bonds. The number of nitrogens with one attached hydrogen (secondary N) is 1. The number of rotatable bonds is 7. The number of halogens is 2. The summed E-state index contributed by atoms with van der Waals surface area (Å²) in [7, 11) is 0. The molecule has 17 heavy (non-hydrogen) atoms. The first kappa shape index (κ1) is 14.7. The number of unbranched alkanes of at least 4 members (excludes halogenated alkanes) is 1. The maximum atomic E-state index is 13.4. The minimum Gasteiger partial charge on any atom is -0.314 e. The molecular formula is C14H21BrFN. The average Bonchev–Trinajstić information content (AvgIpc) is 2.32. The van der Waals surface area contributed by atoms with Gasteiger partial charge in [0.2, 0.25) is 0 Å². The highest BCUT2D eigenvalue weighted by Crippen LogP contribution is 2.22. The van der Waals surface area contributed by atoms with Gasteiger partial charge in [-0.25, -0.2) is 4.39 Å². The van der Waals surface area contributed by atoms with Crippen molar-refractivity contribution in [1.82, 2.24) is 5.32 Å². The van der Waals surface area contributed by atoms with Crippen molar-refractivity contribution in [2.45, 2.75) is 45.6 Å². The standard InChI is InChI=1S/C14H21BrFN/c1-3-5-8-12(17-4-2)10-11-7-6-9-13(16)14(11)15/h6-7,9,12,17H,3-5,8,10H2,1-2H3. The van der Waals surface area contributed by atoms with Crippen molar-refractivity contribution in [1.29, 1.82) is 0 Å². The molecule has 1 rings (SSSR count). The lowest BCUT2D eigenvalue weighted by Gasteiger charge is -2.18. The number of hydrogen-bond acceptors (Lipinski definition) is 1. The van der Waals surface area contributed by atoms with Gasteiger partial charge in [-0.2, -0.15) is 0 Å². The van der Waals surface area contributed by atoms with Crippen LogP contribution in [0.1, 0.15) is 38.7 Å². The zero-order valence-corrected chi connectivity index (χ0v) is 12.2. The smallest absolute Gasteiger partial charge is 0.137 e. The van der Waals surface area contributed by atoms with E-state index in [9.17, 15) is 4.39 Å². The third-order valence-electron chi connectivity index (χ3n) is 2.90. The first-order valence-electron chi connectivity index (χ1n) is 6.35. The predicted molar refractivity (Wildman–Crippen MR) is 74.8 cm³/mol. The summed E-state index contributed by atoms with van der Waals surface area (Å²) in [6.07, 6.45) is 4.44. The number of benzene rings is 1. The molecule has 0 bridgehead atoms. The zero-order chi connectivity index (χ0) is 12.7. The predicted octanol–water partition coefficient (Wildman–Crippen LogP) is 4.30. The lowest BCUT2D eigenvalue weighted by atomic mass is 10.0. The number of hydrogen-bond donors (Lipinski definition) is 1. The van der Waals surface area contributed by atoms with Gasteiger partial charge < -0.3 is 5.32 Å². The molecule has 0 spiro atoms. The largest absolute Gasteiger partial charge is 0.314 e. The molecule has 0 fully saturated rings. The summed E-state index contributed by atoms with van der Waals surface area (Å²) in [4.78, 5) is 0. The van der Waals surface area contributed by atoms with Crippen LogP contribution >= 0.6 is 15.9 Å². The SMILES string of the molecule is CCCCC(Cc1cccc(F)c1Br)NCC. The Bertz CT molecular complexity index is 341. The van der Waals surface area contributed by atoms with E-state index in [2.05, 4.69) is 35.1 Å². The van der Waals surface area contributed by atoms with E-state index in [-0.39, 0.29) is 5.82 Å². The molecule has 1 aromatic carbocycles. The molecule has 1 aromatic rings. The molecule has 1 nitrogen and oxygen atoms in total. The van der Waals surface area contributed by atoms with Crippen molar-refractivity contribution in [3.8, 4) is 0 Å². The third-order valence-corrected chi connectivity index (χ3v) is 3.78. The molecule has 1 unspecified atom stereocenters. The van der Waals surface area contributed by atoms with Crippen LogP contribution in [0.2, 0.25) is 0 Å². The van der Waals surface area contributed by atoms with Gasteiger partial charge in [0.15, 0.2) is 0 Å². The van der Waals surface area contributed by atoms with Gasteiger partial charge in [-0.15, -0.1) is 0 Å². The van der Waals surface area contributed by atoms with E-state index in [1.807, 2.05) is 6.07 Å². The molecule has 0 heterocycles. The average molecular weight is 302 g/mol. The van der Waals surface area contributed by atoms with Crippen molar-refractivity contribution in [3.05, 3.63) is 34.1 Å². The monoisotopic (exact) mass is 301 g/mol. The molecular weight excluding hydrogens is 281 g/mol. The Kier molecular flexibility index (Phi) is 6.75. The van der Waals surface area contributed by atoms with Crippen LogP contribution in [0.15, 0.2) is 22.7 Å². The Balaban J connectivity index is 2.67. The Hall–Kier alpha value is -0.410. The summed E-state index contributed by atoms with van der Waals surface area (Å²) < 4.78 is 14.0. The van der Waals surface area contributed by atoms with Crippen LogP contribution in [0.5, 0.6) is 0 Å². The molecule has 0 aliphatic rings. The second kappa shape index (κ2) is 7.83. The fourth-order valence-corrected chi connectivity index (χ4v) is 2.41. The molecule has 3 heteroatoms. The Morgan fingerprint density at radius 3 is 2.76 bits per heavy atom. The highest BCUT2D eigenvalue weighted by Gasteiger charge is 2.11. The molecule has 96 valence electrons. The van der Waals surface area contributed by atoms with Crippen LogP contribution < -0.4 is 5.32 Å². The lowest BCUT2D eigenvalue weighted by Crippen LogP contribution is -2.31. The summed E-state index contributed by atoms with van der Waals surface area (Å²) in [6.45, 7) is 5.27. The zero-order valence-electron chi connectivity index (χ0n) is 10.6. The van der Waals surface area contributed by atoms with E-state index in [0.717, 1.165) is 24.9 Å². The van der Waals surface area contributed by atoms with E-state index in [0.29, 0.717) is 10.5 Å². The topological polar surface area (TPSA) is 12.0 Å². The molecule has 0 radical (unpaired) electrons. The highest BCUT2D eigenvalue weighted by atomic mass is 79.9. The maximum absolute atomic E-state index is 13.4. The Morgan fingerprint density at radius 1 is 1.35 bits per heavy atom. The highest BCUT2D eigenvalue weighted by molar-refractivity contribution is 9.10. The minimum absolute atomic E-state index is 0.173. The van der Waals surface area contributed by atoms with Crippen LogP contribution in [0, 0.1) is 5.82 Å². The second-order valence-corrected chi connectivity index (χ2v) is 5.11. The molecule has 0 saturated heterocycles. The van der Waals surface area contributed by atoms with Crippen LogP contribution in [0.25, 0.3) is 0 Å². The van der Waals surface area contributed by atoms with Gasteiger partial charge in [0.1, 0.15) is 5.82 Å². The van der Waals surface area contributed by atoms with Crippen LogP contribution in [0.4, 0.5) is 4.39 Å². The molecule has 0 aromatic heterocycles. The minimum atomic E-state index is -0.173. The summed E-state index contributed by atoms with van der Waals surface area (Å²) in [5, 5.41) is 3.47. The van der Waals surface area contributed by atoms with E-state index in [4.69, 9.17) is 0 Å². The Labute approximate surface area is 112 Å². The molecule has 1 atom stereocenters. The summed E-state index contributed by atoms with van der Waals surface area (Å²) in [5.41, 5.74) is 1.05. The van der Waals surface area contributed by atoms with E-state index < -0.39 is 0 Å². The van der Waals surface area contributed by atoms with Gasteiger partial charge in [-0.05, 0) is 46.9 Å². The van der Waals surface area contributed by atoms with Gasteiger partial charge in [0, 0.05) is 6.04 Å². The van der Waals surface area contributed by atoms with Gasteiger partial charge in [-0.1, -0.05) is 38.8 Å². The molecule has 0 aliphatic heterocycles. The van der Waals surface area contributed by atoms with Gasteiger partial charge >= 0.3 is 0 Å². The fourth-order valence-electron chi connectivity index (χ4n) is 1.99. The fraction of sp³-hybridized carbons (Fsp3) is 0.571. The molecule has 0 saturated carbocycles. The van der Waals surface area contributed by atoms with Crippen LogP contribution in [-0.2, 0) is 6.42 Å². The van der Waals surface area contributed by atoms with Gasteiger partial charge in [0.05, 0.1) is 4.47 Å². The summed E-state index contributed by atoms with van der Waals surface area (Å²) >= 11 is 3.33. The van der Waals surface area contributed by atoms with Crippen molar-refractivity contribution in [3.63, 3.8) is 0 Å². The number of likely N-dealkylation sites (N-methyl/N-ethyl adjacent to an activating group) is 1. The summed E-state index contributed by atoms with van der Waals surface area (Å²) in [5.74, 6) is -0.173. The summed E-state index contributed by atoms with van der Waals surface area (Å²) in [6, 6.07) is 5.70. The van der Waals surface area contributed by atoms with Crippen LogP contribution in [-0.4, -0.2) is 12.6 Å². The first-order chi connectivity index (χ1) is 8.19. The van der Waals surface area contributed by atoms with E-state index >= 15 is 0 Å². The quantitative estimate of drug-likeness (QED) is 0.792. The molecule has 0 aliphatic carbocycles. The van der Waals surface area contributed by atoms with Crippen LogP contribution in [0.3, 0.4) is 0 Å². The van der Waals surface area contributed by atoms with E-state index in [1.54, 1.807) is 6.07 Å². The maximum Gasteiger partial charge on any atom is 0.137 e. The lowest BCUT2D eigenvalue weighted by molar-refractivity contribution is 0.471. The van der Waals surface area contributed by atoms with E-state index in [1.165, 1.54) is 18.9 Å².